The Morgan fingerprint density at radius 3 is 2.50 bits per heavy atom. The third-order valence-electron chi connectivity index (χ3n) is 3.95. The third kappa shape index (κ3) is 2.12. The van der Waals surface area contributed by atoms with E-state index < -0.39 is 27.8 Å². The highest BCUT2D eigenvalue weighted by Gasteiger charge is 2.56. The standard InChI is InChI=1S/C15H15NO5S/c1-10-3-6-12(7-4-10)22(19,20)16-13-8-5-11(17)9-15(13,2)21-14(16)18/h3-8,13H,9H2,1-2H3/t13-,15+/m1/s1. The molecule has 0 unspecified atom stereocenters. The molecule has 0 spiro atoms. The van der Waals surface area contributed by atoms with E-state index in [1.54, 1.807) is 19.1 Å². The van der Waals surface area contributed by atoms with Crippen LogP contribution in [-0.2, 0) is 19.6 Å². The van der Waals surface area contributed by atoms with Crippen LogP contribution in [0.15, 0.2) is 41.3 Å². The Morgan fingerprint density at radius 1 is 1.23 bits per heavy atom. The summed E-state index contributed by atoms with van der Waals surface area (Å²) in [6.45, 7) is 3.41. The Kier molecular flexibility index (Phi) is 3.14. The summed E-state index contributed by atoms with van der Waals surface area (Å²) in [6.07, 6.45) is 1.74. The first-order chi connectivity index (χ1) is 10.2. The Hall–Kier alpha value is -2.15. The molecule has 3 rings (SSSR count). The van der Waals surface area contributed by atoms with E-state index in [9.17, 15) is 18.0 Å². The van der Waals surface area contributed by atoms with Crippen molar-refractivity contribution in [1.82, 2.24) is 4.31 Å². The molecule has 0 bridgehead atoms. The molecule has 22 heavy (non-hydrogen) atoms. The van der Waals surface area contributed by atoms with Gasteiger partial charge in [-0.1, -0.05) is 23.8 Å². The molecule has 1 aromatic carbocycles. The fourth-order valence-electron chi connectivity index (χ4n) is 2.76. The number of sulfonamides is 1. The summed E-state index contributed by atoms with van der Waals surface area (Å²) < 4.78 is 31.4. The van der Waals surface area contributed by atoms with Gasteiger partial charge in [0.05, 0.1) is 11.3 Å². The minimum absolute atomic E-state index is 0.0181. The molecule has 7 heteroatoms. The van der Waals surface area contributed by atoms with E-state index in [0.29, 0.717) is 0 Å². The summed E-state index contributed by atoms with van der Waals surface area (Å²) in [5.41, 5.74) is -0.239. The van der Waals surface area contributed by atoms with Gasteiger partial charge >= 0.3 is 6.09 Å². The Morgan fingerprint density at radius 2 is 1.86 bits per heavy atom. The normalized spacial score (nSPS) is 27.7. The van der Waals surface area contributed by atoms with E-state index in [1.807, 2.05) is 6.92 Å². The van der Waals surface area contributed by atoms with Gasteiger partial charge in [-0.3, -0.25) is 4.79 Å². The molecule has 2 atom stereocenters. The van der Waals surface area contributed by atoms with Crippen molar-refractivity contribution in [3.05, 3.63) is 42.0 Å². The molecule has 1 aliphatic heterocycles. The zero-order chi connectivity index (χ0) is 16.1. The molecule has 1 aromatic rings. The van der Waals surface area contributed by atoms with Gasteiger partial charge in [0.25, 0.3) is 10.0 Å². The predicted octanol–water partition coefficient (Wildman–Crippen LogP) is 1.79. The lowest BCUT2D eigenvalue weighted by Crippen LogP contribution is -2.47. The molecule has 0 N–H and O–H groups in total. The van der Waals surface area contributed by atoms with E-state index >= 15 is 0 Å². The first-order valence-corrected chi connectivity index (χ1v) is 8.23. The van der Waals surface area contributed by atoms with Crippen LogP contribution >= 0.6 is 0 Å². The fourth-order valence-corrected chi connectivity index (χ4v) is 4.30. The number of hydrogen-bond donors (Lipinski definition) is 0. The molecule has 1 amide bonds. The van der Waals surface area contributed by atoms with Crippen LogP contribution in [0.5, 0.6) is 0 Å². The summed E-state index contributed by atoms with van der Waals surface area (Å²) in [5, 5.41) is 0. The van der Waals surface area contributed by atoms with E-state index in [1.165, 1.54) is 24.3 Å². The maximum Gasteiger partial charge on any atom is 0.425 e. The monoisotopic (exact) mass is 321 g/mol. The second kappa shape index (κ2) is 4.67. The van der Waals surface area contributed by atoms with Gasteiger partial charge in [-0.2, -0.15) is 4.31 Å². The number of benzene rings is 1. The van der Waals surface area contributed by atoms with Crippen LogP contribution in [0.2, 0.25) is 0 Å². The largest absolute Gasteiger partial charge is 0.439 e. The summed E-state index contributed by atoms with van der Waals surface area (Å²) in [4.78, 5) is 23.7. The molecule has 0 saturated carbocycles. The van der Waals surface area contributed by atoms with Crippen molar-refractivity contribution in [2.75, 3.05) is 0 Å². The number of nitrogens with zero attached hydrogens (tertiary/aromatic N) is 1. The van der Waals surface area contributed by atoms with Crippen LogP contribution in [0.1, 0.15) is 18.9 Å². The maximum atomic E-state index is 12.7. The molecule has 116 valence electrons. The van der Waals surface area contributed by atoms with E-state index in [0.717, 1.165) is 9.87 Å². The molecule has 0 aromatic heterocycles. The molecular weight excluding hydrogens is 306 g/mol. The number of fused-ring (bicyclic) bond motifs is 1. The Bertz CT molecular complexity index is 781. The van der Waals surface area contributed by atoms with Crippen molar-refractivity contribution >= 4 is 21.9 Å². The molecule has 1 aliphatic carbocycles. The Balaban J connectivity index is 2.07. The van der Waals surface area contributed by atoms with E-state index in [4.69, 9.17) is 4.74 Å². The van der Waals surface area contributed by atoms with Crippen molar-refractivity contribution in [1.29, 1.82) is 0 Å². The summed E-state index contributed by atoms with van der Waals surface area (Å²) in [6, 6.07) is 5.40. The summed E-state index contributed by atoms with van der Waals surface area (Å²) >= 11 is 0. The SMILES string of the molecule is Cc1ccc(S(=O)(=O)N2C(=O)O[C@@]3(C)CC(=O)C=C[C@@H]23)cc1. The quantitative estimate of drug-likeness (QED) is 0.829. The van der Waals surface area contributed by atoms with Gasteiger partial charge in [0.1, 0.15) is 11.6 Å². The van der Waals surface area contributed by atoms with Crippen molar-refractivity contribution < 1.29 is 22.7 Å². The number of carbonyl (C=O) groups is 2. The molecule has 1 saturated heterocycles. The van der Waals surface area contributed by atoms with Crippen LogP contribution < -0.4 is 0 Å². The zero-order valence-electron chi connectivity index (χ0n) is 12.1. The molecule has 1 fully saturated rings. The third-order valence-corrected chi connectivity index (χ3v) is 5.71. The van der Waals surface area contributed by atoms with Crippen molar-refractivity contribution in [3.63, 3.8) is 0 Å². The smallest absolute Gasteiger partial charge is 0.425 e. The number of carbonyl (C=O) groups excluding carboxylic acids is 2. The minimum Gasteiger partial charge on any atom is -0.439 e. The highest BCUT2D eigenvalue weighted by Crippen LogP contribution is 2.39. The lowest BCUT2D eigenvalue weighted by Gasteiger charge is -2.30. The topological polar surface area (TPSA) is 80.8 Å². The number of amides is 1. The van der Waals surface area contributed by atoms with Crippen molar-refractivity contribution in [2.45, 2.75) is 36.8 Å². The highest BCUT2D eigenvalue weighted by atomic mass is 32.2. The lowest BCUT2D eigenvalue weighted by molar-refractivity contribution is -0.119. The van der Waals surface area contributed by atoms with Gasteiger partial charge in [0.15, 0.2) is 5.78 Å². The average molecular weight is 321 g/mol. The second-order valence-corrected chi connectivity index (χ2v) is 7.56. The van der Waals surface area contributed by atoms with Crippen LogP contribution in [0.4, 0.5) is 4.79 Å². The highest BCUT2D eigenvalue weighted by molar-refractivity contribution is 7.89. The molecule has 6 nitrogen and oxygen atoms in total. The number of hydrogen-bond acceptors (Lipinski definition) is 5. The van der Waals surface area contributed by atoms with E-state index in [2.05, 4.69) is 0 Å². The number of ether oxygens (including phenoxy) is 1. The number of aryl methyl sites for hydroxylation is 1. The van der Waals surface area contributed by atoms with Gasteiger partial charge in [-0.25, -0.2) is 13.2 Å². The maximum absolute atomic E-state index is 12.7. The van der Waals surface area contributed by atoms with Gasteiger partial charge in [0, 0.05) is 0 Å². The van der Waals surface area contributed by atoms with Crippen LogP contribution in [0.3, 0.4) is 0 Å². The first kappa shape index (κ1) is 14.8. The van der Waals surface area contributed by atoms with Gasteiger partial charge < -0.3 is 4.74 Å². The molecular formula is C15H15NO5S. The average Bonchev–Trinajstić information content (AvgIpc) is 2.68. The molecule has 0 radical (unpaired) electrons. The summed E-state index contributed by atoms with van der Waals surface area (Å²) in [5.74, 6) is -0.193. The van der Waals surface area contributed by atoms with Crippen molar-refractivity contribution in [3.8, 4) is 0 Å². The Labute approximate surface area is 128 Å². The van der Waals surface area contributed by atoms with Crippen LogP contribution in [0, 0.1) is 6.92 Å². The molecule has 1 heterocycles. The van der Waals surface area contributed by atoms with E-state index in [-0.39, 0.29) is 17.1 Å². The second-order valence-electron chi connectivity index (χ2n) is 5.74. The van der Waals surface area contributed by atoms with Crippen molar-refractivity contribution in [2.24, 2.45) is 0 Å². The number of allylic oxidation sites excluding steroid dienone is 1. The number of rotatable bonds is 2. The number of ketones is 1. The lowest BCUT2D eigenvalue weighted by atomic mass is 9.86. The first-order valence-electron chi connectivity index (χ1n) is 6.79. The van der Waals surface area contributed by atoms with Gasteiger partial charge in [-0.15, -0.1) is 0 Å². The van der Waals surface area contributed by atoms with Gasteiger partial charge in [0.2, 0.25) is 0 Å². The van der Waals surface area contributed by atoms with Crippen LogP contribution in [0.25, 0.3) is 0 Å². The fraction of sp³-hybridized carbons (Fsp3) is 0.333. The van der Waals surface area contributed by atoms with Crippen LogP contribution in [-0.4, -0.2) is 36.2 Å². The zero-order valence-corrected chi connectivity index (χ0v) is 13.0. The predicted molar refractivity (Wildman–Crippen MR) is 77.6 cm³/mol. The summed E-state index contributed by atoms with van der Waals surface area (Å²) in [7, 11) is -4.03. The minimum atomic E-state index is -4.03. The molecule has 2 aliphatic rings. The van der Waals surface area contributed by atoms with Gasteiger partial charge in [-0.05, 0) is 32.1 Å².